The van der Waals surface area contributed by atoms with E-state index in [1.54, 1.807) is 18.2 Å². The maximum absolute atomic E-state index is 12.3. The molecule has 2 aromatic carbocycles. The van der Waals surface area contributed by atoms with Gasteiger partial charge in [-0.15, -0.1) is 0 Å². The topological polar surface area (TPSA) is 84.7 Å². The number of rotatable bonds is 7. The summed E-state index contributed by atoms with van der Waals surface area (Å²) < 4.78 is 5.43. The zero-order valence-corrected chi connectivity index (χ0v) is 16.5. The van der Waals surface area contributed by atoms with E-state index in [9.17, 15) is 14.9 Å². The number of hydrogen-bond acceptors (Lipinski definition) is 5. The van der Waals surface area contributed by atoms with Gasteiger partial charge in [-0.3, -0.25) is 19.8 Å². The number of halogens is 1. The number of nitrogens with zero attached hydrogens (tertiary/aromatic N) is 2. The van der Waals surface area contributed by atoms with Crippen LogP contribution in [-0.2, 0) is 9.53 Å². The first-order valence-corrected chi connectivity index (χ1v) is 9.69. The number of para-hydroxylation sites is 1. The van der Waals surface area contributed by atoms with Gasteiger partial charge in [0, 0.05) is 36.8 Å². The van der Waals surface area contributed by atoms with Crippen molar-refractivity contribution in [2.45, 2.75) is 6.04 Å². The van der Waals surface area contributed by atoms with E-state index in [0.717, 1.165) is 18.7 Å². The maximum Gasteiger partial charge on any atom is 0.276 e. The van der Waals surface area contributed by atoms with Crippen molar-refractivity contribution in [2.75, 3.05) is 32.8 Å². The number of morpholine rings is 1. The van der Waals surface area contributed by atoms with Gasteiger partial charge < -0.3 is 10.1 Å². The lowest BCUT2D eigenvalue weighted by atomic mass is 10.0. The molecule has 0 aliphatic carbocycles. The SMILES string of the molecule is O=C(/C=C/c1ccccc1[N+](=O)[O-])NCC(c1ccc(Cl)cc1)N1CCOCC1. The molecule has 1 N–H and O–H groups in total. The molecule has 1 aliphatic heterocycles. The summed E-state index contributed by atoms with van der Waals surface area (Å²) in [5, 5.41) is 14.6. The van der Waals surface area contributed by atoms with E-state index in [0.29, 0.717) is 30.3 Å². The molecule has 1 aliphatic rings. The van der Waals surface area contributed by atoms with Crippen LogP contribution >= 0.6 is 11.6 Å². The van der Waals surface area contributed by atoms with Crippen LogP contribution in [0.2, 0.25) is 5.02 Å². The first-order valence-electron chi connectivity index (χ1n) is 9.31. The molecule has 1 saturated heterocycles. The molecule has 7 nitrogen and oxygen atoms in total. The third-order valence-corrected chi connectivity index (χ3v) is 5.01. The molecule has 0 spiro atoms. The summed E-state index contributed by atoms with van der Waals surface area (Å²) in [5.74, 6) is -0.310. The van der Waals surface area contributed by atoms with Crippen molar-refractivity contribution in [3.63, 3.8) is 0 Å². The number of carbonyl (C=O) groups is 1. The molecule has 1 atom stereocenters. The summed E-state index contributed by atoms with van der Waals surface area (Å²) in [4.78, 5) is 25.2. The highest BCUT2D eigenvalue weighted by atomic mass is 35.5. The van der Waals surface area contributed by atoms with E-state index in [1.165, 1.54) is 18.2 Å². The Balaban J connectivity index is 1.68. The van der Waals surface area contributed by atoms with Crippen LogP contribution in [-0.4, -0.2) is 48.6 Å². The van der Waals surface area contributed by atoms with Crippen molar-refractivity contribution in [1.82, 2.24) is 10.2 Å². The molecule has 0 radical (unpaired) electrons. The number of ether oxygens (including phenoxy) is 1. The first kappa shape index (κ1) is 21.0. The predicted molar refractivity (Wildman–Crippen MR) is 112 cm³/mol. The number of amides is 1. The van der Waals surface area contributed by atoms with Gasteiger partial charge in [0.25, 0.3) is 5.69 Å². The molecule has 1 fully saturated rings. The van der Waals surface area contributed by atoms with Crippen LogP contribution in [0.15, 0.2) is 54.6 Å². The second-order valence-electron chi connectivity index (χ2n) is 6.61. The van der Waals surface area contributed by atoms with Crippen molar-refractivity contribution in [3.8, 4) is 0 Å². The number of benzene rings is 2. The molecule has 8 heteroatoms. The van der Waals surface area contributed by atoms with Gasteiger partial charge in [0.15, 0.2) is 0 Å². The van der Waals surface area contributed by atoms with Gasteiger partial charge in [-0.05, 0) is 29.8 Å². The summed E-state index contributed by atoms with van der Waals surface area (Å²) in [7, 11) is 0. The molecule has 1 heterocycles. The van der Waals surface area contributed by atoms with Crippen molar-refractivity contribution in [1.29, 1.82) is 0 Å². The number of nitrogens with one attached hydrogen (secondary N) is 1. The lowest BCUT2D eigenvalue weighted by Crippen LogP contribution is -2.43. The lowest BCUT2D eigenvalue weighted by molar-refractivity contribution is -0.385. The molecular weight excluding hydrogens is 394 g/mol. The zero-order chi connectivity index (χ0) is 20.6. The Bertz CT molecular complexity index is 880. The molecular formula is C21H22ClN3O4. The lowest BCUT2D eigenvalue weighted by Gasteiger charge is -2.34. The molecule has 0 bridgehead atoms. The fraction of sp³-hybridized carbons (Fsp3) is 0.286. The maximum atomic E-state index is 12.3. The molecule has 29 heavy (non-hydrogen) atoms. The Kier molecular flexibility index (Phi) is 7.35. The van der Waals surface area contributed by atoms with Crippen LogP contribution in [0, 0.1) is 10.1 Å². The van der Waals surface area contributed by atoms with Gasteiger partial charge in [-0.2, -0.15) is 0 Å². The van der Waals surface area contributed by atoms with Crippen LogP contribution in [0.4, 0.5) is 5.69 Å². The Morgan fingerprint density at radius 2 is 1.90 bits per heavy atom. The monoisotopic (exact) mass is 415 g/mol. The molecule has 1 amide bonds. The fourth-order valence-electron chi connectivity index (χ4n) is 3.25. The van der Waals surface area contributed by atoms with Gasteiger partial charge in [0.05, 0.1) is 29.7 Å². The standard InChI is InChI=1S/C21H22ClN3O4/c22-18-8-5-17(6-9-18)20(24-11-13-29-14-12-24)15-23-21(26)10-7-16-3-1-2-4-19(16)25(27)28/h1-10,20H,11-15H2,(H,23,26)/b10-7+. The van der Waals surface area contributed by atoms with E-state index in [2.05, 4.69) is 10.2 Å². The Morgan fingerprint density at radius 1 is 1.21 bits per heavy atom. The van der Waals surface area contributed by atoms with Crippen LogP contribution in [0.3, 0.4) is 0 Å². The van der Waals surface area contributed by atoms with Crippen molar-refractivity contribution >= 4 is 29.3 Å². The summed E-state index contributed by atoms with van der Waals surface area (Å²) in [5.41, 5.74) is 1.40. The third-order valence-electron chi connectivity index (χ3n) is 4.76. The number of carbonyl (C=O) groups excluding carboxylic acids is 1. The van der Waals surface area contributed by atoms with E-state index in [4.69, 9.17) is 16.3 Å². The molecule has 0 aromatic heterocycles. The van der Waals surface area contributed by atoms with Crippen LogP contribution in [0.25, 0.3) is 6.08 Å². The number of hydrogen-bond donors (Lipinski definition) is 1. The minimum absolute atomic E-state index is 0.0143. The smallest absolute Gasteiger partial charge is 0.276 e. The minimum Gasteiger partial charge on any atom is -0.379 e. The van der Waals surface area contributed by atoms with Crippen molar-refractivity contribution in [3.05, 3.63) is 80.9 Å². The van der Waals surface area contributed by atoms with Gasteiger partial charge in [-0.25, -0.2) is 0 Å². The molecule has 2 aromatic rings. The Hall–Kier alpha value is -2.74. The highest BCUT2D eigenvalue weighted by molar-refractivity contribution is 6.30. The first-order chi connectivity index (χ1) is 14.0. The highest BCUT2D eigenvalue weighted by Crippen LogP contribution is 2.23. The predicted octanol–water partition coefficient (Wildman–Crippen LogP) is 3.45. The second-order valence-corrected chi connectivity index (χ2v) is 7.05. The summed E-state index contributed by atoms with van der Waals surface area (Å²) in [6, 6.07) is 13.9. The number of nitro groups is 1. The normalized spacial score (nSPS) is 15.9. The van der Waals surface area contributed by atoms with Gasteiger partial charge in [0.2, 0.25) is 5.91 Å². The molecule has 0 saturated carbocycles. The fourth-order valence-corrected chi connectivity index (χ4v) is 3.37. The van der Waals surface area contributed by atoms with Crippen molar-refractivity contribution in [2.24, 2.45) is 0 Å². The second kappa shape index (κ2) is 10.2. The summed E-state index contributed by atoms with van der Waals surface area (Å²) in [6.07, 6.45) is 2.78. The van der Waals surface area contributed by atoms with Gasteiger partial charge in [-0.1, -0.05) is 35.9 Å². The molecule has 152 valence electrons. The quantitative estimate of drug-likeness (QED) is 0.425. The minimum atomic E-state index is -0.466. The average molecular weight is 416 g/mol. The Labute approximate surface area is 174 Å². The van der Waals surface area contributed by atoms with Gasteiger partial charge >= 0.3 is 0 Å². The summed E-state index contributed by atoms with van der Waals surface area (Å²) >= 11 is 6.00. The van der Waals surface area contributed by atoms with E-state index in [-0.39, 0.29) is 17.6 Å². The Morgan fingerprint density at radius 3 is 2.59 bits per heavy atom. The van der Waals surface area contributed by atoms with E-state index >= 15 is 0 Å². The third kappa shape index (κ3) is 5.87. The average Bonchev–Trinajstić information content (AvgIpc) is 2.74. The zero-order valence-electron chi connectivity index (χ0n) is 15.8. The number of nitro benzene ring substituents is 1. The van der Waals surface area contributed by atoms with Crippen LogP contribution in [0.1, 0.15) is 17.2 Å². The van der Waals surface area contributed by atoms with Crippen molar-refractivity contribution < 1.29 is 14.5 Å². The van der Waals surface area contributed by atoms with E-state index in [1.807, 2.05) is 24.3 Å². The highest BCUT2D eigenvalue weighted by Gasteiger charge is 2.23. The largest absolute Gasteiger partial charge is 0.379 e. The molecule has 3 rings (SSSR count). The van der Waals surface area contributed by atoms with Crippen LogP contribution < -0.4 is 5.32 Å². The molecule has 1 unspecified atom stereocenters. The van der Waals surface area contributed by atoms with Gasteiger partial charge in [0.1, 0.15) is 0 Å². The summed E-state index contributed by atoms with van der Waals surface area (Å²) in [6.45, 7) is 3.25. The van der Waals surface area contributed by atoms with E-state index < -0.39 is 4.92 Å². The van der Waals surface area contributed by atoms with Crippen LogP contribution in [0.5, 0.6) is 0 Å².